The van der Waals surface area contributed by atoms with Crippen molar-refractivity contribution < 1.29 is 4.39 Å². The third-order valence-electron chi connectivity index (χ3n) is 2.83. The van der Waals surface area contributed by atoms with E-state index in [4.69, 9.17) is 35.4 Å². The number of nitrogens with zero attached hydrogens (tertiary/aromatic N) is 1. The Morgan fingerprint density at radius 1 is 1.11 bits per heavy atom. The summed E-state index contributed by atoms with van der Waals surface area (Å²) in [7, 11) is 0. The Bertz CT molecular complexity index is 838. The lowest BCUT2D eigenvalue weighted by atomic mass is 10.2. The zero-order valence-corrected chi connectivity index (χ0v) is 11.8. The molecule has 0 atom stereocenters. The van der Waals surface area contributed by atoms with Crippen LogP contribution in [-0.2, 0) is 0 Å². The first-order valence-electron chi connectivity index (χ1n) is 5.42. The molecule has 0 fully saturated rings. The molecule has 0 bridgehead atoms. The van der Waals surface area contributed by atoms with Gasteiger partial charge in [-0.15, -0.1) is 0 Å². The number of hydrogen-bond acceptors (Lipinski definition) is 1. The van der Waals surface area contributed by atoms with Gasteiger partial charge in [0.1, 0.15) is 5.82 Å². The number of aromatic nitrogens is 2. The standard InChI is InChI=1S/C13H7Cl2FN2S/c14-8-5-4-7(6-10(8)16)18-11-3-1-2-9(15)12(11)17-13(18)19/h1-6H,(H,17,19). The molecule has 2 nitrogen and oxygen atoms in total. The first-order valence-corrected chi connectivity index (χ1v) is 6.59. The van der Waals surface area contributed by atoms with Crippen LogP contribution in [0.2, 0.25) is 10.0 Å². The van der Waals surface area contributed by atoms with Crippen LogP contribution in [0.4, 0.5) is 4.39 Å². The van der Waals surface area contributed by atoms with Crippen molar-refractivity contribution >= 4 is 46.5 Å². The van der Waals surface area contributed by atoms with E-state index in [1.54, 1.807) is 16.7 Å². The molecule has 1 heterocycles. The Morgan fingerprint density at radius 3 is 2.63 bits per heavy atom. The van der Waals surface area contributed by atoms with Gasteiger partial charge in [0.25, 0.3) is 0 Å². The number of benzene rings is 2. The average Bonchev–Trinajstić information content (AvgIpc) is 2.71. The Labute approximate surface area is 123 Å². The number of halogens is 3. The molecule has 96 valence electrons. The Hall–Kier alpha value is -1.36. The first-order chi connectivity index (χ1) is 9.08. The van der Waals surface area contributed by atoms with Crippen molar-refractivity contribution in [1.29, 1.82) is 0 Å². The largest absolute Gasteiger partial charge is 0.329 e. The van der Waals surface area contributed by atoms with Crippen LogP contribution in [0.1, 0.15) is 0 Å². The third-order valence-corrected chi connectivity index (χ3v) is 3.74. The van der Waals surface area contributed by atoms with Gasteiger partial charge in [0.05, 0.1) is 26.8 Å². The van der Waals surface area contributed by atoms with E-state index >= 15 is 0 Å². The highest BCUT2D eigenvalue weighted by Gasteiger charge is 2.10. The number of rotatable bonds is 1. The summed E-state index contributed by atoms with van der Waals surface area (Å²) >= 11 is 17.1. The second-order valence-corrected chi connectivity index (χ2v) is 5.20. The monoisotopic (exact) mass is 312 g/mol. The summed E-state index contributed by atoms with van der Waals surface area (Å²) in [6.07, 6.45) is 0. The highest BCUT2D eigenvalue weighted by Crippen LogP contribution is 2.26. The highest BCUT2D eigenvalue weighted by molar-refractivity contribution is 7.71. The summed E-state index contributed by atoms with van der Waals surface area (Å²) in [5.74, 6) is -0.488. The van der Waals surface area contributed by atoms with E-state index < -0.39 is 5.82 Å². The number of hydrogen-bond donors (Lipinski definition) is 1. The van der Waals surface area contributed by atoms with E-state index in [-0.39, 0.29) is 5.02 Å². The lowest BCUT2D eigenvalue weighted by molar-refractivity contribution is 0.627. The predicted octanol–water partition coefficient (Wildman–Crippen LogP) is 5.13. The fourth-order valence-corrected chi connectivity index (χ4v) is 2.62. The number of para-hydroxylation sites is 1. The van der Waals surface area contributed by atoms with Gasteiger partial charge < -0.3 is 4.98 Å². The van der Waals surface area contributed by atoms with Gasteiger partial charge in [0.2, 0.25) is 0 Å². The molecule has 6 heteroatoms. The van der Waals surface area contributed by atoms with Gasteiger partial charge in [-0.05, 0) is 42.5 Å². The maximum absolute atomic E-state index is 13.6. The van der Waals surface area contributed by atoms with Crippen molar-refractivity contribution in [3.05, 3.63) is 57.0 Å². The second kappa shape index (κ2) is 4.63. The minimum atomic E-state index is -0.488. The normalized spacial score (nSPS) is 11.1. The van der Waals surface area contributed by atoms with Gasteiger partial charge in [0, 0.05) is 0 Å². The maximum Gasteiger partial charge on any atom is 0.182 e. The zero-order valence-electron chi connectivity index (χ0n) is 9.45. The van der Waals surface area contributed by atoms with Crippen LogP contribution in [-0.4, -0.2) is 9.55 Å². The molecule has 3 aromatic rings. The van der Waals surface area contributed by atoms with Crippen LogP contribution in [0.5, 0.6) is 0 Å². The van der Waals surface area contributed by atoms with Crippen molar-refractivity contribution in [3.63, 3.8) is 0 Å². The van der Waals surface area contributed by atoms with E-state index in [2.05, 4.69) is 4.98 Å². The summed E-state index contributed by atoms with van der Waals surface area (Å²) < 4.78 is 15.7. The van der Waals surface area contributed by atoms with Crippen LogP contribution >= 0.6 is 35.4 Å². The minimum absolute atomic E-state index is 0.0770. The fourth-order valence-electron chi connectivity index (χ4n) is 1.98. The van der Waals surface area contributed by atoms with E-state index in [1.807, 2.05) is 12.1 Å². The summed E-state index contributed by atoms with van der Waals surface area (Å²) in [6.45, 7) is 0. The molecule has 0 aliphatic carbocycles. The van der Waals surface area contributed by atoms with E-state index in [9.17, 15) is 4.39 Å². The summed E-state index contributed by atoms with van der Waals surface area (Å²) in [5.41, 5.74) is 2.11. The predicted molar refractivity (Wildman–Crippen MR) is 78.4 cm³/mol. The SMILES string of the molecule is Fc1cc(-n2c(=S)[nH]c3c(Cl)cccc32)ccc1Cl. The van der Waals surface area contributed by atoms with Gasteiger partial charge >= 0.3 is 0 Å². The van der Waals surface area contributed by atoms with Gasteiger partial charge in [-0.25, -0.2) is 4.39 Å². The topological polar surface area (TPSA) is 20.7 Å². The molecule has 19 heavy (non-hydrogen) atoms. The van der Waals surface area contributed by atoms with Gasteiger partial charge in [0.15, 0.2) is 4.77 Å². The number of nitrogens with one attached hydrogen (secondary N) is 1. The molecular formula is C13H7Cl2FN2S. The number of H-pyrrole nitrogens is 1. The smallest absolute Gasteiger partial charge is 0.182 e. The molecule has 0 spiro atoms. The quantitative estimate of drug-likeness (QED) is 0.617. The molecule has 0 aliphatic heterocycles. The van der Waals surface area contributed by atoms with Crippen LogP contribution in [0.25, 0.3) is 16.7 Å². The minimum Gasteiger partial charge on any atom is -0.329 e. The highest BCUT2D eigenvalue weighted by atomic mass is 35.5. The zero-order chi connectivity index (χ0) is 13.6. The van der Waals surface area contributed by atoms with Crippen molar-refractivity contribution in [1.82, 2.24) is 9.55 Å². The molecule has 0 amide bonds. The molecule has 1 N–H and O–H groups in total. The summed E-state index contributed by atoms with van der Waals surface area (Å²) in [6, 6.07) is 9.98. The van der Waals surface area contributed by atoms with Crippen molar-refractivity contribution in [2.24, 2.45) is 0 Å². The number of aromatic amines is 1. The lowest BCUT2D eigenvalue weighted by Gasteiger charge is -2.05. The molecule has 2 aromatic carbocycles. The Morgan fingerprint density at radius 2 is 1.89 bits per heavy atom. The van der Waals surface area contributed by atoms with Crippen LogP contribution in [0, 0.1) is 10.6 Å². The second-order valence-electron chi connectivity index (χ2n) is 4.00. The molecule has 0 saturated heterocycles. The lowest BCUT2D eigenvalue weighted by Crippen LogP contribution is -1.94. The van der Waals surface area contributed by atoms with Crippen LogP contribution < -0.4 is 0 Å². The van der Waals surface area contributed by atoms with Crippen molar-refractivity contribution in [3.8, 4) is 5.69 Å². The Balaban J connectivity index is 2.36. The van der Waals surface area contributed by atoms with Crippen LogP contribution in [0.15, 0.2) is 36.4 Å². The molecule has 3 rings (SSSR count). The van der Waals surface area contributed by atoms with E-state index in [0.717, 1.165) is 11.0 Å². The fraction of sp³-hybridized carbons (Fsp3) is 0. The third kappa shape index (κ3) is 2.06. The summed E-state index contributed by atoms with van der Waals surface area (Å²) in [5, 5.41) is 0.643. The van der Waals surface area contributed by atoms with Crippen molar-refractivity contribution in [2.45, 2.75) is 0 Å². The summed E-state index contributed by atoms with van der Waals surface area (Å²) in [4.78, 5) is 3.02. The molecule has 0 aliphatic rings. The van der Waals surface area contributed by atoms with Gasteiger partial charge in [-0.1, -0.05) is 29.3 Å². The van der Waals surface area contributed by atoms with Crippen LogP contribution in [0.3, 0.4) is 0 Å². The van der Waals surface area contributed by atoms with Crippen molar-refractivity contribution in [2.75, 3.05) is 0 Å². The Kier molecular flexibility index (Phi) is 3.09. The van der Waals surface area contributed by atoms with E-state index in [1.165, 1.54) is 12.1 Å². The molecule has 0 radical (unpaired) electrons. The number of imidazole rings is 1. The average molecular weight is 313 g/mol. The van der Waals surface area contributed by atoms with E-state index in [0.29, 0.717) is 15.5 Å². The molecular weight excluding hydrogens is 306 g/mol. The number of fused-ring (bicyclic) bond motifs is 1. The first kappa shape index (κ1) is 12.7. The molecule has 0 saturated carbocycles. The molecule has 1 aromatic heterocycles. The van der Waals surface area contributed by atoms with Gasteiger partial charge in [-0.3, -0.25) is 4.57 Å². The molecule has 0 unspecified atom stereocenters. The maximum atomic E-state index is 13.6. The van der Waals surface area contributed by atoms with Gasteiger partial charge in [-0.2, -0.15) is 0 Å².